The topological polar surface area (TPSA) is 103 Å². The Labute approximate surface area is 178 Å². The van der Waals surface area contributed by atoms with Crippen LogP contribution >= 0.6 is 27.7 Å². The first-order valence-electron chi connectivity index (χ1n) is 8.46. The summed E-state index contributed by atoms with van der Waals surface area (Å²) in [6.07, 6.45) is 1.46. The van der Waals surface area contributed by atoms with E-state index in [1.165, 1.54) is 18.2 Å². The highest BCUT2D eigenvalue weighted by Crippen LogP contribution is 2.40. The predicted molar refractivity (Wildman–Crippen MR) is 114 cm³/mol. The predicted octanol–water partition coefficient (Wildman–Crippen LogP) is 4.59. The average molecular weight is 476 g/mol. The van der Waals surface area contributed by atoms with Gasteiger partial charge in [-0.15, -0.1) is 0 Å². The van der Waals surface area contributed by atoms with E-state index in [-0.39, 0.29) is 24.0 Å². The van der Waals surface area contributed by atoms with Gasteiger partial charge in [-0.1, -0.05) is 15.9 Å². The molecule has 0 aromatic heterocycles. The Morgan fingerprint density at radius 3 is 2.52 bits per heavy atom. The number of thioether (sulfide) groups is 1. The lowest BCUT2D eigenvalue weighted by molar-refractivity contribution is -0.385. The third-order valence-corrected chi connectivity index (χ3v) is 6.47. The second-order valence-electron chi connectivity index (χ2n) is 6.40. The highest BCUT2D eigenvalue weighted by molar-refractivity contribution is 9.10. The maximum absolute atomic E-state index is 12.4. The van der Waals surface area contributed by atoms with Crippen LogP contribution in [-0.2, 0) is 4.79 Å². The van der Waals surface area contributed by atoms with Gasteiger partial charge in [-0.3, -0.25) is 14.9 Å². The number of carbonyl (C=O) groups is 1. The number of aliphatic imine (C=N–C) groups is 1. The molecule has 148 valence electrons. The first-order valence-corrected chi connectivity index (χ1v) is 10.1. The van der Waals surface area contributed by atoms with Crippen LogP contribution in [0.1, 0.15) is 16.7 Å². The van der Waals surface area contributed by atoms with Crippen LogP contribution in [0.5, 0.6) is 11.5 Å². The van der Waals surface area contributed by atoms with Crippen LogP contribution in [-0.4, -0.2) is 22.8 Å². The molecule has 8 nitrogen and oxygen atoms in total. The molecule has 1 N–H and O–H groups in total. The number of aryl methyl sites for hydroxylation is 2. The van der Waals surface area contributed by atoms with Crippen LogP contribution in [0.2, 0.25) is 0 Å². The van der Waals surface area contributed by atoms with Crippen molar-refractivity contribution < 1.29 is 19.2 Å². The standard InChI is InChI=1S/C19H14BrN3O5S/c1-9-3-12(4-10(2)17(9)20)21-19-22-18(24)16(29-19)6-11-5-14-15(28-8-27-14)7-13(11)23(25)26/h3-7H,8H2,1-2H3,(H,21,22,24)/b16-6+. The molecule has 10 heteroatoms. The lowest BCUT2D eigenvalue weighted by atomic mass is 10.1. The lowest BCUT2D eigenvalue weighted by Gasteiger charge is -2.04. The smallest absolute Gasteiger partial charge is 0.280 e. The zero-order valence-electron chi connectivity index (χ0n) is 15.3. The van der Waals surface area contributed by atoms with Crippen LogP contribution < -0.4 is 14.8 Å². The normalized spacial score (nSPS) is 17.8. The molecule has 2 aromatic carbocycles. The molecule has 1 saturated heterocycles. The molecule has 2 aromatic rings. The molecular formula is C19H14BrN3O5S. The summed E-state index contributed by atoms with van der Waals surface area (Å²) in [4.78, 5) is 28.1. The summed E-state index contributed by atoms with van der Waals surface area (Å²) in [6, 6.07) is 6.61. The molecule has 0 radical (unpaired) electrons. The number of nitrogens with zero attached hydrogens (tertiary/aromatic N) is 2. The second-order valence-corrected chi connectivity index (χ2v) is 8.22. The van der Waals surface area contributed by atoms with Gasteiger partial charge in [0.1, 0.15) is 0 Å². The molecule has 4 rings (SSSR count). The van der Waals surface area contributed by atoms with Gasteiger partial charge in [-0.05, 0) is 61.0 Å². The van der Waals surface area contributed by atoms with Gasteiger partial charge in [0.15, 0.2) is 16.7 Å². The van der Waals surface area contributed by atoms with E-state index in [9.17, 15) is 14.9 Å². The Kier molecular flexibility index (Phi) is 5.05. The molecule has 2 aliphatic heterocycles. The van der Waals surface area contributed by atoms with E-state index in [0.29, 0.717) is 27.3 Å². The number of hydrogen-bond acceptors (Lipinski definition) is 7. The highest BCUT2D eigenvalue weighted by Gasteiger charge is 2.27. The number of fused-ring (bicyclic) bond motifs is 1. The van der Waals surface area contributed by atoms with Crippen molar-refractivity contribution >= 4 is 56.2 Å². The number of benzene rings is 2. The van der Waals surface area contributed by atoms with Crippen LogP contribution in [0.25, 0.3) is 6.08 Å². The molecule has 1 amide bonds. The van der Waals surface area contributed by atoms with E-state index in [1.807, 2.05) is 26.0 Å². The van der Waals surface area contributed by atoms with Gasteiger partial charge in [-0.25, -0.2) is 4.99 Å². The van der Waals surface area contributed by atoms with Gasteiger partial charge in [0.05, 0.1) is 27.1 Å². The fourth-order valence-electron chi connectivity index (χ4n) is 2.95. The van der Waals surface area contributed by atoms with Gasteiger partial charge < -0.3 is 14.8 Å². The molecule has 1 fully saturated rings. The van der Waals surface area contributed by atoms with Crippen molar-refractivity contribution in [3.63, 3.8) is 0 Å². The third-order valence-electron chi connectivity index (χ3n) is 4.31. The number of nitro groups is 1. The molecule has 29 heavy (non-hydrogen) atoms. The Hall–Kier alpha value is -2.85. The number of nitro benzene ring substituents is 1. The molecule has 0 unspecified atom stereocenters. The minimum absolute atomic E-state index is 0.00454. The summed E-state index contributed by atoms with van der Waals surface area (Å²) in [5.41, 5.74) is 2.87. The van der Waals surface area contributed by atoms with Gasteiger partial charge in [-0.2, -0.15) is 0 Å². The van der Waals surface area contributed by atoms with Crippen LogP contribution in [0.3, 0.4) is 0 Å². The highest BCUT2D eigenvalue weighted by atomic mass is 79.9. The number of hydrogen-bond donors (Lipinski definition) is 1. The van der Waals surface area contributed by atoms with Gasteiger partial charge >= 0.3 is 0 Å². The molecule has 0 atom stereocenters. The fourth-order valence-corrected chi connectivity index (χ4v) is 4.01. The molecule has 0 spiro atoms. The van der Waals surface area contributed by atoms with Gasteiger partial charge in [0.25, 0.3) is 11.6 Å². The molecular weight excluding hydrogens is 462 g/mol. The van der Waals surface area contributed by atoms with E-state index in [4.69, 9.17) is 9.47 Å². The van der Waals surface area contributed by atoms with E-state index in [0.717, 1.165) is 27.4 Å². The Morgan fingerprint density at radius 2 is 1.86 bits per heavy atom. The number of amidine groups is 1. The molecule has 0 aliphatic carbocycles. The zero-order valence-corrected chi connectivity index (χ0v) is 17.7. The maximum atomic E-state index is 12.4. The van der Waals surface area contributed by atoms with Crippen LogP contribution in [0.4, 0.5) is 11.4 Å². The van der Waals surface area contributed by atoms with Crippen molar-refractivity contribution in [1.29, 1.82) is 0 Å². The van der Waals surface area contributed by atoms with Crippen molar-refractivity contribution in [2.45, 2.75) is 13.8 Å². The lowest BCUT2D eigenvalue weighted by Crippen LogP contribution is -2.19. The molecule has 2 aliphatic rings. The van der Waals surface area contributed by atoms with Crippen molar-refractivity contribution in [2.75, 3.05) is 6.79 Å². The van der Waals surface area contributed by atoms with E-state index < -0.39 is 4.92 Å². The largest absolute Gasteiger partial charge is 0.454 e. The average Bonchev–Trinajstić information content (AvgIpc) is 3.25. The Morgan fingerprint density at radius 1 is 1.21 bits per heavy atom. The van der Waals surface area contributed by atoms with E-state index in [2.05, 4.69) is 26.2 Å². The first-order chi connectivity index (χ1) is 13.8. The number of rotatable bonds is 3. The summed E-state index contributed by atoms with van der Waals surface area (Å²) in [7, 11) is 0. The number of amides is 1. The van der Waals surface area contributed by atoms with E-state index >= 15 is 0 Å². The fraction of sp³-hybridized carbons (Fsp3) is 0.158. The van der Waals surface area contributed by atoms with Gasteiger partial charge in [0, 0.05) is 4.47 Å². The van der Waals surface area contributed by atoms with Crippen LogP contribution in [0, 0.1) is 24.0 Å². The number of ether oxygens (including phenoxy) is 2. The minimum Gasteiger partial charge on any atom is -0.454 e. The van der Waals surface area contributed by atoms with E-state index in [1.54, 1.807) is 0 Å². The molecule has 0 bridgehead atoms. The summed E-state index contributed by atoms with van der Waals surface area (Å²) in [5.74, 6) is 0.345. The van der Waals surface area contributed by atoms with Crippen molar-refractivity contribution in [3.05, 3.63) is 60.4 Å². The summed E-state index contributed by atoms with van der Waals surface area (Å²) in [5, 5.41) is 14.5. The zero-order chi connectivity index (χ0) is 20.7. The number of halogens is 1. The monoisotopic (exact) mass is 475 g/mol. The third kappa shape index (κ3) is 3.85. The van der Waals surface area contributed by atoms with Crippen molar-refractivity contribution in [2.24, 2.45) is 4.99 Å². The minimum atomic E-state index is -0.520. The molecule has 0 saturated carbocycles. The van der Waals surface area contributed by atoms with Crippen LogP contribution in [0.15, 0.2) is 38.6 Å². The quantitative estimate of drug-likeness (QED) is 0.395. The SMILES string of the molecule is Cc1cc(N=C2NC(=O)/C(=C\c3cc4c(cc3[N+](=O)[O-])OCO4)S2)cc(C)c1Br. The van der Waals surface area contributed by atoms with Gasteiger partial charge in [0.2, 0.25) is 6.79 Å². The first kappa shape index (κ1) is 19.5. The maximum Gasteiger partial charge on any atom is 0.280 e. The number of nitrogens with one attached hydrogen (secondary N) is 1. The molecule has 2 heterocycles. The summed E-state index contributed by atoms with van der Waals surface area (Å²) >= 11 is 4.64. The van der Waals surface area contributed by atoms with Crippen molar-refractivity contribution in [3.8, 4) is 11.5 Å². The van der Waals surface area contributed by atoms with Crippen molar-refractivity contribution in [1.82, 2.24) is 5.32 Å². The Balaban J connectivity index is 1.67. The Bertz CT molecular complexity index is 1110. The summed E-state index contributed by atoms with van der Waals surface area (Å²) < 4.78 is 11.5. The number of carbonyl (C=O) groups excluding carboxylic acids is 1. The second kappa shape index (κ2) is 7.53. The summed E-state index contributed by atoms with van der Waals surface area (Å²) in [6.45, 7) is 3.93.